The first-order chi connectivity index (χ1) is 27.2. The van der Waals surface area contributed by atoms with E-state index in [1.165, 1.54) is 71.8 Å². The number of nitrogens with one attached hydrogen (secondary N) is 1. The number of hydrogen-bond acceptors (Lipinski definition) is 1. The SMILES string of the molecule is C=NC(=NC(=N)c1ccccc1)c1ccc2c(c1)c1ccccc1c1cccc(-c3ccc4c(c3)C3(c5ccccc5-c5ccccc53)c3ccccc3-4)c12. The van der Waals surface area contributed by atoms with Gasteiger partial charge in [-0.3, -0.25) is 5.41 Å². The van der Waals surface area contributed by atoms with Crippen molar-refractivity contribution < 1.29 is 0 Å². The molecule has 1 spiro atoms. The van der Waals surface area contributed by atoms with Crippen LogP contribution in [0, 0.1) is 5.41 Å². The second kappa shape index (κ2) is 11.9. The second-order valence-electron chi connectivity index (χ2n) is 14.5. The minimum Gasteiger partial charge on any atom is -0.282 e. The molecule has 1 N–H and O–H groups in total. The van der Waals surface area contributed by atoms with Crippen LogP contribution in [0.1, 0.15) is 33.4 Å². The average Bonchev–Trinajstić information content (AvgIpc) is 3.72. The number of aliphatic imine (C=N–C) groups is 2. The highest BCUT2D eigenvalue weighted by atomic mass is 14.9. The molecule has 0 atom stereocenters. The van der Waals surface area contributed by atoms with Gasteiger partial charge in [0.2, 0.25) is 0 Å². The number of benzene rings is 9. The maximum Gasteiger partial charge on any atom is 0.161 e. The Balaban J connectivity index is 1.16. The lowest BCUT2D eigenvalue weighted by molar-refractivity contribution is 0.794. The van der Waals surface area contributed by atoms with Crippen LogP contribution >= 0.6 is 0 Å². The van der Waals surface area contributed by atoms with Gasteiger partial charge in [-0.15, -0.1) is 0 Å². The van der Waals surface area contributed by atoms with E-state index in [0.29, 0.717) is 5.84 Å². The quantitative estimate of drug-likeness (QED) is 0.108. The average molecular weight is 700 g/mol. The minimum atomic E-state index is -0.412. The molecule has 3 heteroatoms. The molecule has 2 aliphatic rings. The van der Waals surface area contributed by atoms with E-state index in [1.54, 1.807) is 0 Å². The Morgan fingerprint density at radius 2 is 0.945 bits per heavy atom. The van der Waals surface area contributed by atoms with Gasteiger partial charge < -0.3 is 0 Å². The zero-order valence-corrected chi connectivity index (χ0v) is 29.9. The standard InChI is InChI=1S/C52H33N3/c1-54-51(55-50(53)32-14-3-2-4-15-32)34-27-29-43-44(30-34)37-17-6-5-16-36(37)42-22-13-21-35(49(42)43)33-26-28-41-40-20-9-12-25-47(40)52(48(41)31-33)45-23-10-7-18-38(45)39-19-8-11-24-46(39)52/h2-31,53H,1H2. The third-order valence-corrected chi connectivity index (χ3v) is 11.8. The van der Waals surface area contributed by atoms with Gasteiger partial charge in [0.25, 0.3) is 0 Å². The summed E-state index contributed by atoms with van der Waals surface area (Å²) in [5, 5.41) is 15.7. The molecule has 0 bridgehead atoms. The van der Waals surface area contributed by atoms with Gasteiger partial charge in [-0.05, 0) is 107 Å². The van der Waals surface area contributed by atoms with Crippen LogP contribution in [0.15, 0.2) is 192 Å². The van der Waals surface area contributed by atoms with Crippen molar-refractivity contribution in [2.45, 2.75) is 5.41 Å². The van der Waals surface area contributed by atoms with Gasteiger partial charge in [-0.2, -0.15) is 0 Å². The van der Waals surface area contributed by atoms with Crippen LogP contribution in [0.25, 0.3) is 65.7 Å². The molecular weight excluding hydrogens is 667 g/mol. The van der Waals surface area contributed by atoms with Gasteiger partial charge in [0.15, 0.2) is 11.7 Å². The van der Waals surface area contributed by atoms with E-state index in [4.69, 9.17) is 5.41 Å². The van der Waals surface area contributed by atoms with E-state index in [9.17, 15) is 0 Å². The monoisotopic (exact) mass is 699 g/mol. The van der Waals surface area contributed by atoms with Gasteiger partial charge in [0.05, 0.1) is 5.41 Å². The van der Waals surface area contributed by atoms with Crippen molar-refractivity contribution >= 4 is 50.7 Å². The lowest BCUT2D eigenvalue weighted by Crippen LogP contribution is -2.25. The number of amidine groups is 2. The summed E-state index contributed by atoms with van der Waals surface area (Å²) in [6, 6.07) is 65.4. The van der Waals surface area contributed by atoms with Crippen molar-refractivity contribution in [1.82, 2.24) is 0 Å². The maximum atomic E-state index is 8.70. The molecule has 0 fully saturated rings. The van der Waals surface area contributed by atoms with Crippen LogP contribution in [0.2, 0.25) is 0 Å². The number of nitrogens with zero attached hydrogens (tertiary/aromatic N) is 2. The van der Waals surface area contributed by atoms with Crippen LogP contribution in [0.5, 0.6) is 0 Å². The van der Waals surface area contributed by atoms with Crippen molar-refractivity contribution in [2.24, 2.45) is 9.98 Å². The first-order valence-electron chi connectivity index (χ1n) is 18.7. The van der Waals surface area contributed by atoms with Crippen molar-refractivity contribution in [3.63, 3.8) is 0 Å². The van der Waals surface area contributed by atoms with Crippen LogP contribution in [-0.4, -0.2) is 18.4 Å². The molecule has 0 aliphatic heterocycles. The predicted octanol–water partition coefficient (Wildman–Crippen LogP) is 12.6. The number of rotatable bonds is 3. The maximum absolute atomic E-state index is 8.70. The largest absolute Gasteiger partial charge is 0.282 e. The molecule has 0 aromatic heterocycles. The Bertz CT molecular complexity index is 3070. The van der Waals surface area contributed by atoms with Crippen molar-refractivity contribution in [3.05, 3.63) is 215 Å². The summed E-state index contributed by atoms with van der Waals surface area (Å²) in [4.78, 5) is 8.95. The normalized spacial score (nSPS) is 13.5. The Morgan fingerprint density at radius 1 is 0.418 bits per heavy atom. The van der Waals surface area contributed by atoms with E-state index < -0.39 is 5.41 Å². The zero-order valence-electron chi connectivity index (χ0n) is 29.9. The van der Waals surface area contributed by atoms with Crippen molar-refractivity contribution in [3.8, 4) is 33.4 Å². The highest BCUT2D eigenvalue weighted by molar-refractivity contribution is 6.29. The molecule has 0 saturated heterocycles. The second-order valence-corrected chi connectivity index (χ2v) is 14.5. The van der Waals surface area contributed by atoms with Gasteiger partial charge >= 0.3 is 0 Å². The Morgan fingerprint density at radius 3 is 1.60 bits per heavy atom. The summed E-state index contributed by atoms with van der Waals surface area (Å²) in [6.07, 6.45) is 0. The fourth-order valence-electron chi connectivity index (χ4n) is 9.60. The summed E-state index contributed by atoms with van der Waals surface area (Å²) >= 11 is 0. The van der Waals surface area contributed by atoms with Gasteiger partial charge in [-0.25, -0.2) is 9.98 Å². The van der Waals surface area contributed by atoms with Gasteiger partial charge in [-0.1, -0.05) is 170 Å². The first-order valence-corrected chi connectivity index (χ1v) is 18.7. The molecule has 0 heterocycles. The lowest BCUT2D eigenvalue weighted by atomic mass is 9.70. The summed E-state index contributed by atoms with van der Waals surface area (Å²) < 4.78 is 0. The Hall–Kier alpha value is -7.23. The molecule has 3 nitrogen and oxygen atoms in total. The predicted molar refractivity (Wildman–Crippen MR) is 230 cm³/mol. The number of fused-ring (bicyclic) bond motifs is 16. The van der Waals surface area contributed by atoms with Crippen molar-refractivity contribution in [2.75, 3.05) is 0 Å². The highest BCUT2D eigenvalue weighted by Crippen LogP contribution is 2.63. The van der Waals surface area contributed by atoms with E-state index in [-0.39, 0.29) is 5.84 Å². The minimum absolute atomic E-state index is 0.151. The fourth-order valence-corrected chi connectivity index (χ4v) is 9.60. The molecule has 256 valence electrons. The Labute approximate surface area is 319 Å². The summed E-state index contributed by atoms with van der Waals surface area (Å²) in [5.74, 6) is 0.576. The topological polar surface area (TPSA) is 48.6 Å². The van der Waals surface area contributed by atoms with Crippen LogP contribution < -0.4 is 0 Å². The van der Waals surface area contributed by atoms with E-state index in [1.807, 2.05) is 30.3 Å². The highest BCUT2D eigenvalue weighted by Gasteiger charge is 2.51. The molecular formula is C52H33N3. The van der Waals surface area contributed by atoms with E-state index in [2.05, 4.69) is 168 Å². The molecule has 0 unspecified atom stereocenters. The molecule has 9 aromatic rings. The van der Waals surface area contributed by atoms with E-state index >= 15 is 0 Å². The molecule has 2 aliphatic carbocycles. The molecule has 0 amide bonds. The molecule has 9 aromatic carbocycles. The van der Waals surface area contributed by atoms with Crippen LogP contribution in [0.4, 0.5) is 0 Å². The molecule has 0 radical (unpaired) electrons. The van der Waals surface area contributed by atoms with Gasteiger partial charge in [0, 0.05) is 11.1 Å². The first kappa shape index (κ1) is 31.3. The van der Waals surface area contributed by atoms with Crippen LogP contribution in [0.3, 0.4) is 0 Å². The van der Waals surface area contributed by atoms with Crippen LogP contribution in [-0.2, 0) is 5.41 Å². The lowest BCUT2D eigenvalue weighted by Gasteiger charge is -2.30. The van der Waals surface area contributed by atoms with E-state index in [0.717, 1.165) is 27.3 Å². The van der Waals surface area contributed by atoms with Crippen molar-refractivity contribution in [1.29, 1.82) is 5.41 Å². The zero-order chi connectivity index (χ0) is 36.7. The smallest absolute Gasteiger partial charge is 0.161 e. The summed E-state index contributed by atoms with van der Waals surface area (Å²) in [6.45, 7) is 3.85. The fraction of sp³-hybridized carbons (Fsp3) is 0.0192. The molecule has 11 rings (SSSR count). The third kappa shape index (κ3) is 4.35. The summed E-state index contributed by atoms with van der Waals surface area (Å²) in [5.41, 5.74) is 14.1. The molecule has 0 saturated carbocycles. The van der Waals surface area contributed by atoms with Gasteiger partial charge in [0.1, 0.15) is 0 Å². The molecule has 55 heavy (non-hydrogen) atoms. The number of hydrogen-bond donors (Lipinski definition) is 1. The summed E-state index contributed by atoms with van der Waals surface area (Å²) in [7, 11) is 0. The third-order valence-electron chi connectivity index (χ3n) is 11.8. The Kier molecular flexibility index (Phi) is 6.77.